The van der Waals surface area contributed by atoms with Gasteiger partial charge in [0.15, 0.2) is 5.96 Å². The van der Waals surface area contributed by atoms with E-state index in [0.717, 1.165) is 50.1 Å². The standard InChI is InChI=1S/C15H24N8/c1-11-8-18-22(9-11)7-6-17-15(16-3)20-13-4-5-14-19-12(2)21-23(14)10-13/h8-9,13H,4-7,10H2,1-3H3,(H2,16,17,20). The maximum absolute atomic E-state index is 4.44. The van der Waals surface area contributed by atoms with Gasteiger partial charge in [-0.2, -0.15) is 10.2 Å². The fourth-order valence-corrected chi connectivity index (χ4v) is 2.82. The highest BCUT2D eigenvalue weighted by molar-refractivity contribution is 5.79. The van der Waals surface area contributed by atoms with Gasteiger partial charge in [0.1, 0.15) is 11.6 Å². The van der Waals surface area contributed by atoms with Gasteiger partial charge in [-0.1, -0.05) is 0 Å². The molecule has 1 atom stereocenters. The molecule has 0 aliphatic carbocycles. The molecule has 1 unspecified atom stereocenters. The fourth-order valence-electron chi connectivity index (χ4n) is 2.82. The summed E-state index contributed by atoms with van der Waals surface area (Å²) in [6.45, 7) is 6.40. The zero-order valence-electron chi connectivity index (χ0n) is 14.0. The summed E-state index contributed by atoms with van der Waals surface area (Å²) in [6.07, 6.45) is 5.89. The van der Waals surface area contributed by atoms with Gasteiger partial charge in [0.25, 0.3) is 0 Å². The van der Waals surface area contributed by atoms with Crippen molar-refractivity contribution in [2.75, 3.05) is 13.6 Å². The van der Waals surface area contributed by atoms with Crippen molar-refractivity contribution in [1.82, 2.24) is 35.2 Å². The van der Waals surface area contributed by atoms with E-state index in [1.807, 2.05) is 35.6 Å². The molecule has 3 rings (SSSR count). The zero-order chi connectivity index (χ0) is 16.2. The second-order valence-corrected chi connectivity index (χ2v) is 5.92. The van der Waals surface area contributed by atoms with Crippen LogP contribution in [0.3, 0.4) is 0 Å². The molecular formula is C15H24N8. The van der Waals surface area contributed by atoms with Crippen molar-refractivity contribution in [1.29, 1.82) is 0 Å². The molecule has 2 N–H and O–H groups in total. The minimum Gasteiger partial charge on any atom is -0.355 e. The van der Waals surface area contributed by atoms with Crippen molar-refractivity contribution in [3.05, 3.63) is 29.6 Å². The number of aromatic nitrogens is 5. The van der Waals surface area contributed by atoms with E-state index >= 15 is 0 Å². The molecule has 0 fully saturated rings. The van der Waals surface area contributed by atoms with Crippen LogP contribution >= 0.6 is 0 Å². The highest BCUT2D eigenvalue weighted by Gasteiger charge is 2.21. The lowest BCUT2D eigenvalue weighted by atomic mass is 10.1. The zero-order valence-corrected chi connectivity index (χ0v) is 14.0. The molecule has 124 valence electrons. The third kappa shape index (κ3) is 3.88. The Morgan fingerprint density at radius 1 is 1.43 bits per heavy atom. The van der Waals surface area contributed by atoms with Crippen molar-refractivity contribution >= 4 is 5.96 Å². The molecule has 0 bridgehead atoms. The van der Waals surface area contributed by atoms with Gasteiger partial charge in [0.05, 0.1) is 19.3 Å². The van der Waals surface area contributed by atoms with E-state index in [1.54, 1.807) is 7.05 Å². The van der Waals surface area contributed by atoms with Crippen LogP contribution in [0.2, 0.25) is 0 Å². The number of aryl methyl sites for hydroxylation is 3. The number of hydrogen-bond acceptors (Lipinski definition) is 4. The second-order valence-electron chi connectivity index (χ2n) is 5.92. The Morgan fingerprint density at radius 3 is 3.04 bits per heavy atom. The van der Waals surface area contributed by atoms with E-state index < -0.39 is 0 Å². The molecule has 8 heteroatoms. The Morgan fingerprint density at radius 2 is 2.30 bits per heavy atom. The third-order valence-corrected chi connectivity index (χ3v) is 3.92. The van der Waals surface area contributed by atoms with Gasteiger partial charge in [-0.15, -0.1) is 0 Å². The third-order valence-electron chi connectivity index (χ3n) is 3.92. The van der Waals surface area contributed by atoms with Crippen LogP contribution < -0.4 is 10.6 Å². The lowest BCUT2D eigenvalue weighted by Gasteiger charge is -2.25. The number of nitrogens with one attached hydrogen (secondary N) is 2. The fraction of sp³-hybridized carbons (Fsp3) is 0.600. The van der Waals surface area contributed by atoms with Gasteiger partial charge in [-0.25, -0.2) is 9.67 Å². The monoisotopic (exact) mass is 316 g/mol. The van der Waals surface area contributed by atoms with Gasteiger partial charge in [0.2, 0.25) is 0 Å². The molecule has 1 aliphatic rings. The molecular weight excluding hydrogens is 292 g/mol. The Kier molecular flexibility index (Phi) is 4.59. The smallest absolute Gasteiger partial charge is 0.191 e. The van der Waals surface area contributed by atoms with E-state index in [-0.39, 0.29) is 0 Å². The summed E-state index contributed by atoms with van der Waals surface area (Å²) in [4.78, 5) is 8.74. The highest BCUT2D eigenvalue weighted by Crippen LogP contribution is 2.12. The van der Waals surface area contributed by atoms with Gasteiger partial charge in [-0.3, -0.25) is 9.67 Å². The quantitative estimate of drug-likeness (QED) is 0.625. The van der Waals surface area contributed by atoms with Crippen LogP contribution in [0.4, 0.5) is 0 Å². The van der Waals surface area contributed by atoms with Crippen LogP contribution in [0, 0.1) is 13.8 Å². The number of nitrogens with zero attached hydrogens (tertiary/aromatic N) is 6. The lowest BCUT2D eigenvalue weighted by molar-refractivity contribution is 0.392. The first-order valence-corrected chi connectivity index (χ1v) is 8.00. The molecule has 1 aliphatic heterocycles. The van der Waals surface area contributed by atoms with Gasteiger partial charge in [-0.05, 0) is 25.8 Å². The number of fused-ring (bicyclic) bond motifs is 1. The first-order valence-electron chi connectivity index (χ1n) is 8.00. The molecule has 0 spiro atoms. The van der Waals surface area contributed by atoms with Crippen molar-refractivity contribution in [2.24, 2.45) is 4.99 Å². The summed E-state index contributed by atoms with van der Waals surface area (Å²) in [5, 5.41) is 15.5. The molecule has 0 saturated carbocycles. The SMILES string of the molecule is CN=C(NCCn1cc(C)cn1)NC1CCc2nc(C)nn2C1. The summed E-state index contributed by atoms with van der Waals surface area (Å²) in [5.41, 5.74) is 1.17. The maximum atomic E-state index is 4.44. The summed E-state index contributed by atoms with van der Waals surface area (Å²) < 4.78 is 3.93. The molecule has 23 heavy (non-hydrogen) atoms. The van der Waals surface area contributed by atoms with Crippen LogP contribution in [-0.2, 0) is 19.5 Å². The van der Waals surface area contributed by atoms with Crippen LogP contribution in [0.5, 0.6) is 0 Å². The van der Waals surface area contributed by atoms with Gasteiger partial charge in [0, 0.05) is 32.3 Å². The van der Waals surface area contributed by atoms with Gasteiger partial charge >= 0.3 is 0 Å². The average molecular weight is 316 g/mol. The van der Waals surface area contributed by atoms with E-state index in [2.05, 4.69) is 30.8 Å². The minimum atomic E-state index is 0.321. The topological polar surface area (TPSA) is 84.9 Å². The Bertz CT molecular complexity index is 683. The Hall–Kier alpha value is -2.38. The second kappa shape index (κ2) is 6.80. The molecule has 2 aromatic heterocycles. The molecule has 8 nitrogen and oxygen atoms in total. The first-order chi connectivity index (χ1) is 11.1. The minimum absolute atomic E-state index is 0.321. The normalized spacial score (nSPS) is 17.9. The summed E-state index contributed by atoms with van der Waals surface area (Å²) >= 11 is 0. The average Bonchev–Trinajstić information content (AvgIpc) is 3.10. The van der Waals surface area contributed by atoms with E-state index in [1.165, 1.54) is 5.56 Å². The lowest BCUT2D eigenvalue weighted by Crippen LogP contribution is -2.47. The van der Waals surface area contributed by atoms with Gasteiger partial charge < -0.3 is 10.6 Å². The van der Waals surface area contributed by atoms with Crippen molar-refractivity contribution in [3.8, 4) is 0 Å². The number of guanidine groups is 1. The highest BCUT2D eigenvalue weighted by atomic mass is 15.4. The molecule has 0 aromatic carbocycles. The predicted octanol–water partition coefficient (Wildman–Crippen LogP) is 0.271. The molecule has 0 saturated heterocycles. The van der Waals surface area contributed by atoms with Crippen LogP contribution in [0.25, 0.3) is 0 Å². The largest absolute Gasteiger partial charge is 0.355 e. The number of rotatable bonds is 4. The Balaban J connectivity index is 1.48. The maximum Gasteiger partial charge on any atom is 0.191 e. The summed E-state index contributed by atoms with van der Waals surface area (Å²) in [5.74, 6) is 2.74. The van der Waals surface area contributed by atoms with E-state index in [9.17, 15) is 0 Å². The van der Waals surface area contributed by atoms with Crippen molar-refractivity contribution in [3.63, 3.8) is 0 Å². The van der Waals surface area contributed by atoms with Crippen LogP contribution in [-0.4, -0.2) is 50.1 Å². The summed E-state index contributed by atoms with van der Waals surface area (Å²) in [7, 11) is 1.79. The molecule has 0 radical (unpaired) electrons. The van der Waals surface area contributed by atoms with Crippen molar-refractivity contribution in [2.45, 2.75) is 45.8 Å². The Labute approximate surface area is 136 Å². The van der Waals surface area contributed by atoms with E-state index in [0.29, 0.717) is 6.04 Å². The van der Waals surface area contributed by atoms with Crippen LogP contribution in [0.1, 0.15) is 23.6 Å². The number of hydrogen-bond donors (Lipinski definition) is 2. The molecule has 0 amide bonds. The predicted molar refractivity (Wildman–Crippen MR) is 88.3 cm³/mol. The van der Waals surface area contributed by atoms with E-state index in [4.69, 9.17) is 0 Å². The van der Waals surface area contributed by atoms with Crippen molar-refractivity contribution < 1.29 is 0 Å². The summed E-state index contributed by atoms with van der Waals surface area (Å²) in [6, 6.07) is 0.321. The molecule has 3 heterocycles. The van der Waals surface area contributed by atoms with Crippen LogP contribution in [0.15, 0.2) is 17.4 Å². The number of aliphatic imine (C=N–C) groups is 1. The first kappa shape index (κ1) is 15.5. The molecule has 2 aromatic rings.